The van der Waals surface area contributed by atoms with Gasteiger partial charge < -0.3 is 4.74 Å². The largest absolute Gasteiger partial charge is 0.466 e. The number of rotatable bonds is 4. The lowest BCUT2D eigenvalue weighted by atomic mass is 10.3. The molecule has 6 nitrogen and oxygen atoms in total. The number of aryl methyl sites for hydroxylation is 1. The maximum absolute atomic E-state index is 11.6. The summed E-state index contributed by atoms with van der Waals surface area (Å²) in [6, 6.07) is 0. The highest BCUT2D eigenvalue weighted by molar-refractivity contribution is 7.15. The number of esters is 1. The highest BCUT2D eigenvalue weighted by Gasteiger charge is 2.13. The fourth-order valence-corrected chi connectivity index (χ4v) is 2.88. The van der Waals surface area contributed by atoms with Crippen molar-refractivity contribution < 1.29 is 9.53 Å². The van der Waals surface area contributed by atoms with Crippen molar-refractivity contribution >= 4 is 22.3 Å². The zero-order valence-corrected chi connectivity index (χ0v) is 12.1. The average molecular weight is 290 g/mol. The number of ether oxygens (including phenoxy) is 1. The number of imidazole rings is 1. The van der Waals surface area contributed by atoms with Crippen molar-refractivity contribution in [1.29, 1.82) is 0 Å². The van der Waals surface area contributed by atoms with E-state index in [1.165, 1.54) is 11.3 Å². The van der Waals surface area contributed by atoms with Crippen molar-refractivity contribution in [3.8, 4) is 11.3 Å². The van der Waals surface area contributed by atoms with Gasteiger partial charge in [0.25, 0.3) is 0 Å². The highest BCUT2D eigenvalue weighted by atomic mass is 32.1. The van der Waals surface area contributed by atoms with E-state index < -0.39 is 0 Å². The maximum atomic E-state index is 11.6. The number of carbonyl (C=O) groups excluding carboxylic acids is 1. The Morgan fingerprint density at radius 2 is 2.30 bits per heavy atom. The number of hydrogen-bond acceptors (Lipinski definition) is 5. The van der Waals surface area contributed by atoms with Gasteiger partial charge in [0.05, 0.1) is 24.9 Å². The number of fused-ring (bicyclic) bond motifs is 1. The Hall–Kier alpha value is -2.15. The maximum Gasteiger partial charge on any atom is 0.311 e. The third-order valence-corrected chi connectivity index (χ3v) is 3.80. The van der Waals surface area contributed by atoms with E-state index >= 15 is 0 Å². The van der Waals surface area contributed by atoms with Gasteiger partial charge in [-0.15, -0.1) is 11.3 Å². The Balaban J connectivity index is 1.92. The van der Waals surface area contributed by atoms with Crippen molar-refractivity contribution in [2.24, 2.45) is 7.05 Å². The first-order valence-electron chi connectivity index (χ1n) is 6.27. The summed E-state index contributed by atoms with van der Waals surface area (Å²) in [6.07, 6.45) is 5.88. The number of carbonyl (C=O) groups is 1. The van der Waals surface area contributed by atoms with Crippen molar-refractivity contribution in [3.05, 3.63) is 29.7 Å². The summed E-state index contributed by atoms with van der Waals surface area (Å²) in [7, 11) is 1.87. The predicted octanol–water partition coefficient (Wildman–Crippen LogP) is 1.90. The minimum absolute atomic E-state index is 0.219. The van der Waals surface area contributed by atoms with Gasteiger partial charge in [-0.25, -0.2) is 4.98 Å². The minimum Gasteiger partial charge on any atom is -0.466 e. The van der Waals surface area contributed by atoms with Crippen molar-refractivity contribution in [3.63, 3.8) is 0 Å². The van der Waals surface area contributed by atoms with E-state index in [9.17, 15) is 4.79 Å². The van der Waals surface area contributed by atoms with Gasteiger partial charge in [0.15, 0.2) is 4.96 Å². The zero-order chi connectivity index (χ0) is 14.1. The Bertz CT molecular complexity index is 755. The summed E-state index contributed by atoms with van der Waals surface area (Å²) in [6.45, 7) is 2.20. The SMILES string of the molecule is CCOC(=O)Cc1csc2nc(-c3cnn(C)c3)cn12. The molecule has 0 aliphatic carbocycles. The second kappa shape index (κ2) is 5.09. The normalized spacial score (nSPS) is 11.1. The van der Waals surface area contributed by atoms with E-state index in [0.29, 0.717) is 6.61 Å². The van der Waals surface area contributed by atoms with Gasteiger partial charge in [-0.2, -0.15) is 5.10 Å². The van der Waals surface area contributed by atoms with Crippen LogP contribution in [0.2, 0.25) is 0 Å². The lowest BCUT2D eigenvalue weighted by Gasteiger charge is -2.00. The fourth-order valence-electron chi connectivity index (χ4n) is 2.01. The standard InChI is InChI=1S/C13H14N4O2S/c1-3-19-12(18)4-10-8-20-13-15-11(7-17(10)13)9-5-14-16(2)6-9/h5-8H,3-4H2,1-2H3. The molecule has 0 fully saturated rings. The number of nitrogens with zero attached hydrogens (tertiary/aromatic N) is 4. The molecule has 0 bridgehead atoms. The lowest BCUT2D eigenvalue weighted by Crippen LogP contribution is -2.08. The molecule has 7 heteroatoms. The molecule has 20 heavy (non-hydrogen) atoms. The summed E-state index contributed by atoms with van der Waals surface area (Å²) < 4.78 is 8.65. The molecule has 3 heterocycles. The first-order chi connectivity index (χ1) is 9.67. The van der Waals surface area contributed by atoms with Gasteiger partial charge in [-0.05, 0) is 6.92 Å². The summed E-state index contributed by atoms with van der Waals surface area (Å²) in [5.74, 6) is -0.219. The van der Waals surface area contributed by atoms with Crippen LogP contribution in [0.4, 0.5) is 0 Å². The summed E-state index contributed by atoms with van der Waals surface area (Å²) >= 11 is 1.51. The van der Waals surface area contributed by atoms with Gasteiger partial charge in [0, 0.05) is 36.1 Å². The summed E-state index contributed by atoms with van der Waals surface area (Å²) in [5, 5.41) is 6.08. The first-order valence-corrected chi connectivity index (χ1v) is 7.15. The van der Waals surface area contributed by atoms with Gasteiger partial charge in [-0.1, -0.05) is 0 Å². The van der Waals surface area contributed by atoms with Crippen molar-refractivity contribution in [2.45, 2.75) is 13.3 Å². The van der Waals surface area contributed by atoms with E-state index in [4.69, 9.17) is 4.74 Å². The topological polar surface area (TPSA) is 61.4 Å². The quantitative estimate of drug-likeness (QED) is 0.689. The average Bonchev–Trinajstić information content (AvgIpc) is 3.06. The monoisotopic (exact) mass is 290 g/mol. The van der Waals surface area contributed by atoms with E-state index in [2.05, 4.69) is 10.1 Å². The molecule has 0 radical (unpaired) electrons. The molecular formula is C13H14N4O2S. The minimum atomic E-state index is -0.219. The summed E-state index contributed by atoms with van der Waals surface area (Å²) in [5.41, 5.74) is 2.71. The van der Waals surface area contributed by atoms with Crippen LogP contribution in [0.15, 0.2) is 24.0 Å². The molecule has 104 valence electrons. The Labute approximate surface area is 119 Å². The second-order valence-corrected chi connectivity index (χ2v) is 5.23. The molecule has 0 spiro atoms. The van der Waals surface area contributed by atoms with Crippen LogP contribution in [0.3, 0.4) is 0 Å². The molecule has 0 saturated carbocycles. The predicted molar refractivity (Wildman–Crippen MR) is 75.6 cm³/mol. The van der Waals surface area contributed by atoms with Crippen LogP contribution in [0, 0.1) is 0 Å². The van der Waals surface area contributed by atoms with Gasteiger partial charge >= 0.3 is 5.97 Å². The highest BCUT2D eigenvalue weighted by Crippen LogP contribution is 2.23. The van der Waals surface area contributed by atoms with Crippen molar-refractivity contribution in [1.82, 2.24) is 19.2 Å². The first kappa shape index (κ1) is 12.9. The van der Waals surface area contributed by atoms with E-state index in [0.717, 1.165) is 21.9 Å². The van der Waals surface area contributed by atoms with Crippen LogP contribution >= 0.6 is 11.3 Å². The third kappa shape index (κ3) is 2.32. The van der Waals surface area contributed by atoms with Crippen LogP contribution in [-0.4, -0.2) is 31.7 Å². The number of aromatic nitrogens is 4. The van der Waals surface area contributed by atoms with Gasteiger partial charge in [0.1, 0.15) is 0 Å². The molecule has 0 aliphatic rings. The molecule has 0 aliphatic heterocycles. The van der Waals surface area contributed by atoms with Crippen LogP contribution in [-0.2, 0) is 23.0 Å². The zero-order valence-electron chi connectivity index (χ0n) is 11.2. The van der Waals surface area contributed by atoms with Gasteiger partial charge in [-0.3, -0.25) is 13.9 Å². The number of hydrogen-bond donors (Lipinski definition) is 0. The molecule has 0 saturated heterocycles. The van der Waals surface area contributed by atoms with E-state index in [1.807, 2.05) is 29.2 Å². The summed E-state index contributed by atoms with van der Waals surface area (Å²) in [4.78, 5) is 17.0. The second-order valence-electron chi connectivity index (χ2n) is 4.39. The molecule has 3 rings (SSSR count). The fraction of sp³-hybridized carbons (Fsp3) is 0.308. The number of thiazole rings is 1. The Morgan fingerprint density at radius 1 is 1.45 bits per heavy atom. The smallest absolute Gasteiger partial charge is 0.311 e. The van der Waals surface area contributed by atoms with Crippen molar-refractivity contribution in [2.75, 3.05) is 6.61 Å². The van der Waals surface area contributed by atoms with Crippen LogP contribution in [0.5, 0.6) is 0 Å². The molecule has 0 N–H and O–H groups in total. The molecule has 0 aromatic carbocycles. The molecular weight excluding hydrogens is 276 g/mol. The molecule has 0 amide bonds. The lowest BCUT2D eigenvalue weighted by molar-refractivity contribution is -0.142. The van der Waals surface area contributed by atoms with E-state index in [1.54, 1.807) is 17.8 Å². The van der Waals surface area contributed by atoms with Gasteiger partial charge in [0.2, 0.25) is 0 Å². The third-order valence-electron chi connectivity index (χ3n) is 2.91. The Morgan fingerprint density at radius 3 is 3.00 bits per heavy atom. The molecule has 3 aromatic rings. The van der Waals surface area contributed by atoms with Crippen LogP contribution < -0.4 is 0 Å². The Kier molecular flexibility index (Phi) is 3.27. The molecule has 3 aromatic heterocycles. The van der Waals surface area contributed by atoms with Crippen LogP contribution in [0.25, 0.3) is 16.2 Å². The van der Waals surface area contributed by atoms with Crippen LogP contribution in [0.1, 0.15) is 12.6 Å². The van der Waals surface area contributed by atoms with E-state index in [-0.39, 0.29) is 12.4 Å². The molecule has 0 atom stereocenters. The molecule has 0 unspecified atom stereocenters.